The maximum Gasteiger partial charge on any atom is 0.146 e. The van der Waals surface area contributed by atoms with E-state index in [9.17, 15) is 4.79 Å². The molecule has 0 saturated carbocycles. The van der Waals surface area contributed by atoms with E-state index in [1.165, 1.54) is 0 Å². The van der Waals surface area contributed by atoms with Crippen LogP contribution in [0.3, 0.4) is 0 Å². The lowest BCUT2D eigenvalue weighted by molar-refractivity contribution is -0.119. The number of ketones is 1. The topological polar surface area (TPSA) is 29.1 Å². The fourth-order valence-electron chi connectivity index (χ4n) is 0.958. The van der Waals surface area contributed by atoms with Gasteiger partial charge < -0.3 is 5.32 Å². The summed E-state index contributed by atoms with van der Waals surface area (Å²) in [6.07, 6.45) is 0.936. The van der Waals surface area contributed by atoms with Gasteiger partial charge in [0.2, 0.25) is 0 Å². The third-order valence-corrected chi connectivity index (χ3v) is 1.55. The lowest BCUT2D eigenvalue weighted by Gasteiger charge is -2.14. The highest BCUT2D eigenvalue weighted by molar-refractivity contribution is 5.81. The first-order valence-electron chi connectivity index (χ1n) is 4.75. The van der Waals surface area contributed by atoms with Crippen LogP contribution in [0.15, 0.2) is 0 Å². The summed E-state index contributed by atoms with van der Waals surface area (Å²) in [7, 11) is 1.83. The molecule has 0 amide bonds. The lowest BCUT2D eigenvalue weighted by atomic mass is 10.0. The van der Waals surface area contributed by atoms with Gasteiger partial charge in [-0.25, -0.2) is 0 Å². The zero-order valence-corrected chi connectivity index (χ0v) is 9.27. The molecular weight excluding hydrogens is 150 g/mol. The first-order valence-corrected chi connectivity index (χ1v) is 4.75. The SMILES string of the molecule is CC.CNC(CC(C)C)C(C)=O. The van der Waals surface area contributed by atoms with E-state index in [1.54, 1.807) is 6.92 Å². The van der Waals surface area contributed by atoms with Crippen LogP contribution in [0.1, 0.15) is 41.0 Å². The van der Waals surface area contributed by atoms with Crippen LogP contribution in [0.4, 0.5) is 0 Å². The Kier molecular flexibility index (Phi) is 10.3. The molecule has 0 aliphatic carbocycles. The van der Waals surface area contributed by atoms with Gasteiger partial charge in [-0.1, -0.05) is 27.7 Å². The first kappa shape index (κ1) is 14.2. The normalized spacial score (nSPS) is 11.9. The van der Waals surface area contributed by atoms with Crippen molar-refractivity contribution in [3.63, 3.8) is 0 Å². The Morgan fingerprint density at radius 1 is 1.33 bits per heavy atom. The Morgan fingerprint density at radius 2 is 1.75 bits per heavy atom. The van der Waals surface area contributed by atoms with E-state index in [0.717, 1.165) is 6.42 Å². The summed E-state index contributed by atoms with van der Waals surface area (Å²) in [4.78, 5) is 10.8. The van der Waals surface area contributed by atoms with Gasteiger partial charge in [0, 0.05) is 0 Å². The highest BCUT2D eigenvalue weighted by atomic mass is 16.1. The number of rotatable bonds is 4. The van der Waals surface area contributed by atoms with Crippen LogP contribution in [-0.4, -0.2) is 18.9 Å². The molecule has 0 heterocycles. The smallest absolute Gasteiger partial charge is 0.146 e. The minimum absolute atomic E-state index is 0.0556. The van der Waals surface area contributed by atoms with Crippen LogP contribution in [0.5, 0.6) is 0 Å². The van der Waals surface area contributed by atoms with Gasteiger partial charge in [-0.05, 0) is 26.3 Å². The quantitative estimate of drug-likeness (QED) is 0.706. The molecule has 0 aromatic rings. The van der Waals surface area contributed by atoms with E-state index in [4.69, 9.17) is 0 Å². The predicted molar refractivity (Wildman–Crippen MR) is 54.3 cm³/mol. The molecule has 1 N–H and O–H groups in total. The average molecular weight is 173 g/mol. The number of Topliss-reactive ketones (excluding diaryl/α,β-unsaturated/α-hetero) is 1. The van der Waals surface area contributed by atoms with Crippen molar-refractivity contribution in [3.05, 3.63) is 0 Å². The second-order valence-corrected chi connectivity index (χ2v) is 3.08. The third kappa shape index (κ3) is 7.73. The van der Waals surface area contributed by atoms with Crippen molar-refractivity contribution >= 4 is 5.78 Å². The molecule has 0 aromatic carbocycles. The zero-order chi connectivity index (χ0) is 10.1. The summed E-state index contributed by atoms with van der Waals surface area (Å²) < 4.78 is 0. The van der Waals surface area contributed by atoms with Crippen LogP contribution < -0.4 is 5.32 Å². The van der Waals surface area contributed by atoms with Gasteiger partial charge >= 0.3 is 0 Å². The number of nitrogens with one attached hydrogen (secondary N) is 1. The van der Waals surface area contributed by atoms with E-state index in [2.05, 4.69) is 19.2 Å². The van der Waals surface area contributed by atoms with E-state index in [-0.39, 0.29) is 11.8 Å². The Balaban J connectivity index is 0. The van der Waals surface area contributed by atoms with Gasteiger partial charge in [0.15, 0.2) is 0 Å². The van der Waals surface area contributed by atoms with Gasteiger partial charge in [-0.2, -0.15) is 0 Å². The van der Waals surface area contributed by atoms with Crippen LogP contribution >= 0.6 is 0 Å². The second-order valence-electron chi connectivity index (χ2n) is 3.08. The molecular formula is C10H23NO. The molecule has 0 fully saturated rings. The lowest BCUT2D eigenvalue weighted by Crippen LogP contribution is -2.33. The minimum atomic E-state index is 0.0556. The highest BCUT2D eigenvalue weighted by Crippen LogP contribution is 2.04. The van der Waals surface area contributed by atoms with E-state index in [0.29, 0.717) is 5.92 Å². The monoisotopic (exact) mass is 173 g/mol. The molecule has 1 atom stereocenters. The summed E-state index contributed by atoms with van der Waals surface area (Å²) in [5.41, 5.74) is 0. The Morgan fingerprint density at radius 3 is 1.83 bits per heavy atom. The van der Waals surface area contributed by atoms with Crippen molar-refractivity contribution in [1.29, 1.82) is 0 Å². The largest absolute Gasteiger partial charge is 0.311 e. The fraction of sp³-hybridized carbons (Fsp3) is 0.900. The van der Waals surface area contributed by atoms with Crippen LogP contribution in [0.2, 0.25) is 0 Å². The maximum atomic E-state index is 10.8. The fourth-order valence-corrected chi connectivity index (χ4v) is 0.958. The van der Waals surface area contributed by atoms with Crippen molar-refractivity contribution in [2.75, 3.05) is 7.05 Å². The second kappa shape index (κ2) is 8.72. The number of hydrogen-bond donors (Lipinski definition) is 1. The van der Waals surface area contributed by atoms with Gasteiger partial charge in [0.1, 0.15) is 5.78 Å². The van der Waals surface area contributed by atoms with Crippen molar-refractivity contribution < 1.29 is 4.79 Å². The minimum Gasteiger partial charge on any atom is -0.311 e. The third-order valence-electron chi connectivity index (χ3n) is 1.55. The summed E-state index contributed by atoms with van der Waals surface area (Å²) in [6, 6.07) is 0.0556. The van der Waals surface area contributed by atoms with Crippen LogP contribution in [-0.2, 0) is 4.79 Å². The molecule has 0 spiro atoms. The van der Waals surface area contributed by atoms with Gasteiger partial charge in [-0.15, -0.1) is 0 Å². The summed E-state index contributed by atoms with van der Waals surface area (Å²) in [6.45, 7) is 9.87. The predicted octanol–water partition coefficient (Wildman–Crippen LogP) is 2.24. The summed E-state index contributed by atoms with van der Waals surface area (Å²) in [5, 5.41) is 2.98. The Bertz CT molecular complexity index is 110. The standard InChI is InChI=1S/C8H17NO.C2H6/c1-6(2)5-8(9-4)7(3)10;1-2/h6,8-9H,5H2,1-4H3;1-2H3. The Hall–Kier alpha value is -0.370. The zero-order valence-electron chi connectivity index (χ0n) is 9.27. The molecule has 0 rings (SSSR count). The number of carbonyl (C=O) groups is 1. The number of carbonyl (C=O) groups excluding carboxylic acids is 1. The molecule has 0 aliphatic heterocycles. The summed E-state index contributed by atoms with van der Waals surface area (Å²) >= 11 is 0. The van der Waals surface area contributed by atoms with E-state index in [1.807, 2.05) is 20.9 Å². The molecule has 0 aromatic heterocycles. The average Bonchev–Trinajstić information content (AvgIpc) is 2.03. The highest BCUT2D eigenvalue weighted by Gasteiger charge is 2.12. The van der Waals surface area contributed by atoms with Gasteiger partial charge in [0.25, 0.3) is 0 Å². The molecule has 74 valence electrons. The van der Waals surface area contributed by atoms with E-state index < -0.39 is 0 Å². The van der Waals surface area contributed by atoms with Crippen molar-refractivity contribution in [1.82, 2.24) is 5.32 Å². The van der Waals surface area contributed by atoms with Crippen molar-refractivity contribution in [2.24, 2.45) is 5.92 Å². The van der Waals surface area contributed by atoms with Crippen LogP contribution in [0.25, 0.3) is 0 Å². The molecule has 12 heavy (non-hydrogen) atoms. The molecule has 1 unspecified atom stereocenters. The molecule has 2 heteroatoms. The van der Waals surface area contributed by atoms with E-state index >= 15 is 0 Å². The van der Waals surface area contributed by atoms with Crippen molar-refractivity contribution in [2.45, 2.75) is 47.1 Å². The van der Waals surface area contributed by atoms with Gasteiger partial charge in [-0.3, -0.25) is 4.79 Å². The van der Waals surface area contributed by atoms with Crippen molar-refractivity contribution in [3.8, 4) is 0 Å². The molecule has 0 saturated heterocycles. The number of likely N-dealkylation sites (N-methyl/N-ethyl adjacent to an activating group) is 1. The van der Waals surface area contributed by atoms with Gasteiger partial charge in [0.05, 0.1) is 6.04 Å². The molecule has 0 aliphatic rings. The maximum absolute atomic E-state index is 10.8. The molecule has 0 radical (unpaired) electrons. The summed E-state index contributed by atoms with van der Waals surface area (Å²) in [5.74, 6) is 0.817. The first-order chi connectivity index (χ1) is 5.57. The van der Waals surface area contributed by atoms with Crippen LogP contribution in [0, 0.1) is 5.92 Å². The molecule has 0 bridgehead atoms. The Labute approximate surface area is 76.7 Å². The molecule has 2 nitrogen and oxygen atoms in total. The number of hydrogen-bond acceptors (Lipinski definition) is 2.